The molecule has 1 heterocycles. The molecule has 1 amide bonds. The van der Waals surface area contributed by atoms with Gasteiger partial charge in [-0.15, -0.1) is 0 Å². The van der Waals surface area contributed by atoms with Crippen molar-refractivity contribution in [1.29, 1.82) is 0 Å². The van der Waals surface area contributed by atoms with Crippen molar-refractivity contribution in [3.8, 4) is 0 Å². The minimum absolute atomic E-state index is 0.0438. The van der Waals surface area contributed by atoms with E-state index >= 15 is 0 Å². The molecule has 0 spiro atoms. The Morgan fingerprint density at radius 1 is 1.47 bits per heavy atom. The Balaban J connectivity index is 1.85. The predicted molar refractivity (Wildman–Crippen MR) is 66.7 cm³/mol. The lowest BCUT2D eigenvalue weighted by atomic mass is 9.91. The second-order valence-corrected chi connectivity index (χ2v) is 4.90. The van der Waals surface area contributed by atoms with Gasteiger partial charge >= 0.3 is 0 Å². The summed E-state index contributed by atoms with van der Waals surface area (Å²) >= 11 is 0. The summed E-state index contributed by atoms with van der Waals surface area (Å²) in [5.74, 6) is -1.88. The predicted octanol–water partition coefficient (Wildman–Crippen LogP) is 1.36. The van der Waals surface area contributed by atoms with Crippen molar-refractivity contribution in [2.24, 2.45) is 0 Å². The highest BCUT2D eigenvalue weighted by Gasteiger charge is 2.39. The summed E-state index contributed by atoms with van der Waals surface area (Å²) in [4.78, 5) is 13.4. The average Bonchev–Trinajstić information content (AvgIpc) is 2.30. The molecule has 0 bridgehead atoms. The van der Waals surface area contributed by atoms with Gasteiger partial charge in [0.05, 0.1) is 17.8 Å². The first-order valence-electron chi connectivity index (χ1n) is 6.11. The van der Waals surface area contributed by atoms with Gasteiger partial charge in [-0.3, -0.25) is 9.69 Å². The van der Waals surface area contributed by atoms with Crippen molar-refractivity contribution in [1.82, 2.24) is 4.90 Å². The number of carbonyl (C=O) groups excluding carboxylic acids is 1. The van der Waals surface area contributed by atoms with Crippen LogP contribution >= 0.6 is 0 Å². The molecule has 0 atom stereocenters. The number of β-amino-alcohol motifs (C(OH)–C–C–N with tert-alkyl or cyclic N) is 1. The minimum Gasteiger partial charge on any atom is -0.387 e. The zero-order valence-corrected chi connectivity index (χ0v) is 10.6. The molecule has 1 saturated heterocycles. The number of nitrogens with zero attached hydrogens (tertiary/aromatic N) is 1. The molecule has 0 saturated carbocycles. The van der Waals surface area contributed by atoms with Crippen LogP contribution in [0.1, 0.15) is 13.3 Å². The smallest absolute Gasteiger partial charge is 0.238 e. The summed E-state index contributed by atoms with van der Waals surface area (Å²) in [6.07, 6.45) is 0.637. The number of anilines is 1. The van der Waals surface area contributed by atoms with Gasteiger partial charge in [0.2, 0.25) is 5.91 Å². The van der Waals surface area contributed by atoms with Crippen molar-refractivity contribution in [2.45, 2.75) is 18.9 Å². The normalized spacial score (nSPS) is 17.9. The van der Waals surface area contributed by atoms with Crippen LogP contribution < -0.4 is 5.32 Å². The van der Waals surface area contributed by atoms with Crippen LogP contribution in [-0.4, -0.2) is 41.1 Å². The second-order valence-electron chi connectivity index (χ2n) is 4.90. The van der Waals surface area contributed by atoms with Crippen LogP contribution in [0.4, 0.5) is 14.5 Å². The Morgan fingerprint density at radius 3 is 2.74 bits per heavy atom. The highest BCUT2D eigenvalue weighted by Crippen LogP contribution is 2.23. The van der Waals surface area contributed by atoms with E-state index in [0.717, 1.165) is 12.1 Å². The Labute approximate surface area is 110 Å². The van der Waals surface area contributed by atoms with E-state index in [1.54, 1.807) is 4.90 Å². The molecule has 0 unspecified atom stereocenters. The Bertz CT molecular complexity index is 488. The number of rotatable bonds is 4. The molecule has 1 aromatic rings. The number of hydrogen-bond donors (Lipinski definition) is 2. The molecule has 4 nitrogen and oxygen atoms in total. The molecule has 0 aliphatic carbocycles. The van der Waals surface area contributed by atoms with Gasteiger partial charge in [-0.25, -0.2) is 8.78 Å². The molecular weight excluding hydrogens is 254 g/mol. The number of halogens is 2. The summed E-state index contributed by atoms with van der Waals surface area (Å²) in [6, 6.07) is 2.98. The zero-order chi connectivity index (χ0) is 14.0. The maximum atomic E-state index is 13.3. The third-order valence-corrected chi connectivity index (χ3v) is 3.27. The van der Waals surface area contributed by atoms with Crippen LogP contribution in [0.25, 0.3) is 0 Å². The largest absolute Gasteiger partial charge is 0.387 e. The highest BCUT2D eigenvalue weighted by molar-refractivity contribution is 5.92. The van der Waals surface area contributed by atoms with E-state index in [1.165, 1.54) is 6.07 Å². The average molecular weight is 270 g/mol. The Morgan fingerprint density at radius 2 is 2.16 bits per heavy atom. The monoisotopic (exact) mass is 270 g/mol. The Kier molecular flexibility index (Phi) is 3.82. The van der Waals surface area contributed by atoms with E-state index in [2.05, 4.69) is 5.32 Å². The van der Waals surface area contributed by atoms with Crippen molar-refractivity contribution >= 4 is 11.6 Å². The first kappa shape index (κ1) is 13.9. The first-order chi connectivity index (χ1) is 8.92. The van der Waals surface area contributed by atoms with Crippen LogP contribution in [0, 0.1) is 11.6 Å². The molecule has 0 radical (unpaired) electrons. The number of hydrogen-bond acceptors (Lipinski definition) is 3. The SMILES string of the molecule is CCC1(O)CN(CC(=O)Nc2ccc(F)cc2F)C1. The standard InChI is InChI=1S/C13H16F2N2O2/c1-2-13(19)7-17(8-13)6-12(18)16-11-4-3-9(14)5-10(11)15/h3-5,19H,2,6-8H2,1H3,(H,16,18). The molecule has 1 aliphatic heterocycles. The van der Waals surface area contributed by atoms with Gasteiger partial charge in [-0.1, -0.05) is 6.92 Å². The highest BCUT2D eigenvalue weighted by atomic mass is 19.1. The van der Waals surface area contributed by atoms with Gasteiger partial charge in [-0.2, -0.15) is 0 Å². The molecule has 2 rings (SSSR count). The van der Waals surface area contributed by atoms with Gasteiger partial charge in [0.1, 0.15) is 11.6 Å². The molecule has 1 aromatic carbocycles. The van der Waals surface area contributed by atoms with Crippen molar-refractivity contribution in [2.75, 3.05) is 25.0 Å². The number of carbonyl (C=O) groups is 1. The van der Waals surface area contributed by atoms with Crippen LogP contribution in [0.3, 0.4) is 0 Å². The molecule has 1 fully saturated rings. The summed E-state index contributed by atoms with van der Waals surface area (Å²) < 4.78 is 26.0. The fraction of sp³-hybridized carbons (Fsp3) is 0.462. The molecule has 19 heavy (non-hydrogen) atoms. The number of benzene rings is 1. The molecular formula is C13H16F2N2O2. The topological polar surface area (TPSA) is 52.6 Å². The fourth-order valence-corrected chi connectivity index (χ4v) is 2.11. The number of nitrogens with one attached hydrogen (secondary N) is 1. The van der Waals surface area contributed by atoms with Gasteiger partial charge in [-0.05, 0) is 18.6 Å². The van der Waals surface area contributed by atoms with Crippen LogP contribution in [0.5, 0.6) is 0 Å². The summed E-state index contributed by atoms with van der Waals surface area (Å²) in [5, 5.41) is 12.2. The summed E-state index contributed by atoms with van der Waals surface area (Å²) in [7, 11) is 0. The quantitative estimate of drug-likeness (QED) is 0.868. The van der Waals surface area contributed by atoms with E-state index in [9.17, 15) is 18.7 Å². The first-order valence-corrected chi connectivity index (χ1v) is 6.11. The van der Waals surface area contributed by atoms with Crippen LogP contribution in [0.2, 0.25) is 0 Å². The van der Waals surface area contributed by atoms with E-state index in [1.807, 2.05) is 6.92 Å². The number of likely N-dealkylation sites (tertiary alicyclic amines) is 1. The lowest BCUT2D eigenvalue weighted by Crippen LogP contribution is -2.62. The molecule has 0 aromatic heterocycles. The second kappa shape index (κ2) is 5.22. The lowest BCUT2D eigenvalue weighted by molar-refractivity contribution is -0.128. The van der Waals surface area contributed by atoms with Gasteiger partial charge in [0.25, 0.3) is 0 Å². The van der Waals surface area contributed by atoms with E-state index in [-0.39, 0.29) is 18.1 Å². The summed E-state index contributed by atoms with van der Waals surface area (Å²) in [5.41, 5.74) is -0.751. The van der Waals surface area contributed by atoms with E-state index < -0.39 is 17.2 Å². The maximum Gasteiger partial charge on any atom is 0.238 e. The van der Waals surface area contributed by atoms with Crippen molar-refractivity contribution in [3.63, 3.8) is 0 Å². The lowest BCUT2D eigenvalue weighted by Gasteiger charge is -2.45. The molecule has 1 aliphatic rings. The fourth-order valence-electron chi connectivity index (χ4n) is 2.11. The maximum absolute atomic E-state index is 13.3. The molecule has 2 N–H and O–H groups in total. The summed E-state index contributed by atoms with van der Waals surface area (Å²) in [6.45, 7) is 2.83. The number of amides is 1. The van der Waals surface area contributed by atoms with Crippen molar-refractivity contribution in [3.05, 3.63) is 29.8 Å². The van der Waals surface area contributed by atoms with Gasteiger partial charge < -0.3 is 10.4 Å². The van der Waals surface area contributed by atoms with E-state index in [4.69, 9.17) is 0 Å². The third-order valence-electron chi connectivity index (χ3n) is 3.27. The minimum atomic E-state index is -0.804. The van der Waals surface area contributed by atoms with Gasteiger partial charge in [0, 0.05) is 19.2 Å². The van der Waals surface area contributed by atoms with Crippen LogP contribution in [0.15, 0.2) is 18.2 Å². The van der Waals surface area contributed by atoms with E-state index in [0.29, 0.717) is 19.5 Å². The zero-order valence-electron chi connectivity index (χ0n) is 10.6. The van der Waals surface area contributed by atoms with Crippen molar-refractivity contribution < 1.29 is 18.7 Å². The van der Waals surface area contributed by atoms with Gasteiger partial charge in [0.15, 0.2) is 0 Å². The van der Waals surface area contributed by atoms with Crippen LogP contribution in [-0.2, 0) is 4.79 Å². The molecule has 104 valence electrons. The molecule has 6 heteroatoms. The third kappa shape index (κ3) is 3.27. The number of aliphatic hydroxyl groups is 1. The Hall–Kier alpha value is -1.53.